The molecule has 0 aromatic carbocycles. The minimum atomic E-state index is -1.01. The molecular formula is C9H16N2O3. The number of amides is 1. The maximum Gasteiger partial charge on any atom is 0.326 e. The lowest BCUT2D eigenvalue weighted by Gasteiger charge is -2.36. The van der Waals surface area contributed by atoms with Gasteiger partial charge in [0.05, 0.1) is 5.54 Å². The Hall–Kier alpha value is -1.10. The van der Waals surface area contributed by atoms with Gasteiger partial charge < -0.3 is 16.2 Å². The van der Waals surface area contributed by atoms with Crippen LogP contribution in [0.4, 0.5) is 0 Å². The van der Waals surface area contributed by atoms with Crippen molar-refractivity contribution in [2.45, 2.75) is 44.2 Å². The van der Waals surface area contributed by atoms with Gasteiger partial charge in [0.2, 0.25) is 5.91 Å². The zero-order valence-electron chi connectivity index (χ0n) is 8.25. The van der Waals surface area contributed by atoms with Crippen molar-refractivity contribution in [2.75, 3.05) is 0 Å². The molecule has 5 heteroatoms. The SMILES string of the molecule is CCC(NC(=O)C1(N)CCC1)C(=O)O. The molecule has 1 atom stereocenters. The van der Waals surface area contributed by atoms with E-state index in [0.717, 1.165) is 6.42 Å². The van der Waals surface area contributed by atoms with Gasteiger partial charge in [0.25, 0.3) is 0 Å². The second-order valence-electron chi connectivity index (χ2n) is 3.78. The standard InChI is InChI=1S/C9H16N2O3/c1-2-6(7(12)13)11-8(14)9(10)4-3-5-9/h6H,2-5,10H2,1H3,(H,11,14)(H,12,13). The van der Waals surface area contributed by atoms with Crippen LogP contribution in [0.1, 0.15) is 32.6 Å². The Morgan fingerprint density at radius 2 is 2.14 bits per heavy atom. The van der Waals surface area contributed by atoms with Gasteiger partial charge >= 0.3 is 5.97 Å². The Labute approximate surface area is 82.7 Å². The number of hydrogen-bond donors (Lipinski definition) is 3. The molecule has 14 heavy (non-hydrogen) atoms. The molecule has 1 unspecified atom stereocenters. The van der Waals surface area contributed by atoms with E-state index < -0.39 is 17.6 Å². The number of aliphatic carboxylic acids is 1. The summed E-state index contributed by atoms with van der Waals surface area (Å²) in [6, 6.07) is -0.816. The fraction of sp³-hybridized carbons (Fsp3) is 0.778. The molecule has 1 rings (SSSR count). The normalized spacial score (nSPS) is 20.7. The Morgan fingerprint density at radius 1 is 1.57 bits per heavy atom. The maximum absolute atomic E-state index is 11.5. The number of carboxylic acid groups (broad SMARTS) is 1. The van der Waals surface area contributed by atoms with Gasteiger partial charge in [-0.25, -0.2) is 4.79 Å². The van der Waals surface area contributed by atoms with Crippen molar-refractivity contribution in [1.29, 1.82) is 0 Å². The van der Waals surface area contributed by atoms with E-state index in [4.69, 9.17) is 10.8 Å². The van der Waals surface area contributed by atoms with Gasteiger partial charge in [0.15, 0.2) is 0 Å². The summed E-state index contributed by atoms with van der Waals surface area (Å²) in [6.45, 7) is 1.71. The van der Waals surface area contributed by atoms with Crippen LogP contribution in [0, 0.1) is 0 Å². The first kappa shape index (κ1) is 11.0. The van der Waals surface area contributed by atoms with Crippen molar-refractivity contribution >= 4 is 11.9 Å². The number of nitrogens with two attached hydrogens (primary N) is 1. The number of carboxylic acids is 1. The molecule has 80 valence electrons. The van der Waals surface area contributed by atoms with Crippen LogP contribution in [0.3, 0.4) is 0 Å². The number of hydrogen-bond acceptors (Lipinski definition) is 3. The van der Waals surface area contributed by atoms with Crippen LogP contribution in [0.25, 0.3) is 0 Å². The van der Waals surface area contributed by atoms with Crippen molar-refractivity contribution in [2.24, 2.45) is 5.73 Å². The highest BCUT2D eigenvalue weighted by Gasteiger charge is 2.41. The van der Waals surface area contributed by atoms with Crippen LogP contribution in [-0.2, 0) is 9.59 Å². The van der Waals surface area contributed by atoms with Crippen molar-refractivity contribution in [3.05, 3.63) is 0 Å². The lowest BCUT2D eigenvalue weighted by atomic mass is 9.77. The molecule has 0 aromatic heterocycles. The lowest BCUT2D eigenvalue weighted by molar-refractivity contribution is -0.143. The third-order valence-electron chi connectivity index (χ3n) is 2.71. The van der Waals surface area contributed by atoms with Gasteiger partial charge in [-0.15, -0.1) is 0 Å². The second-order valence-corrected chi connectivity index (χ2v) is 3.78. The third kappa shape index (κ3) is 2.04. The smallest absolute Gasteiger partial charge is 0.326 e. The molecule has 5 nitrogen and oxygen atoms in total. The van der Waals surface area contributed by atoms with E-state index in [9.17, 15) is 9.59 Å². The largest absolute Gasteiger partial charge is 0.480 e. The fourth-order valence-electron chi connectivity index (χ4n) is 1.43. The summed E-state index contributed by atoms with van der Waals surface area (Å²) in [5.74, 6) is -1.35. The van der Waals surface area contributed by atoms with Gasteiger partial charge in [-0.05, 0) is 25.7 Å². The Morgan fingerprint density at radius 3 is 2.43 bits per heavy atom. The fourth-order valence-corrected chi connectivity index (χ4v) is 1.43. The van der Waals surface area contributed by atoms with Crippen LogP contribution in [0.2, 0.25) is 0 Å². The molecule has 0 saturated heterocycles. The van der Waals surface area contributed by atoms with Crippen LogP contribution in [0.15, 0.2) is 0 Å². The zero-order valence-corrected chi connectivity index (χ0v) is 8.25. The van der Waals surface area contributed by atoms with E-state index in [0.29, 0.717) is 19.3 Å². The predicted molar refractivity (Wildman–Crippen MR) is 50.6 cm³/mol. The maximum atomic E-state index is 11.5. The van der Waals surface area contributed by atoms with Crippen molar-refractivity contribution < 1.29 is 14.7 Å². The molecule has 0 heterocycles. The van der Waals surface area contributed by atoms with Crippen molar-refractivity contribution in [3.63, 3.8) is 0 Å². The van der Waals surface area contributed by atoms with E-state index in [1.165, 1.54) is 0 Å². The molecule has 0 radical (unpaired) electrons. The van der Waals surface area contributed by atoms with Crippen LogP contribution >= 0.6 is 0 Å². The molecule has 4 N–H and O–H groups in total. The highest BCUT2D eigenvalue weighted by molar-refractivity contribution is 5.90. The zero-order chi connectivity index (χ0) is 10.8. The predicted octanol–water partition coefficient (Wildman–Crippen LogP) is -0.153. The van der Waals surface area contributed by atoms with E-state index in [1.807, 2.05) is 0 Å². The van der Waals surface area contributed by atoms with Crippen molar-refractivity contribution in [3.8, 4) is 0 Å². The first-order valence-electron chi connectivity index (χ1n) is 4.82. The molecule has 1 amide bonds. The van der Waals surface area contributed by atoms with E-state index in [2.05, 4.69) is 5.32 Å². The minimum Gasteiger partial charge on any atom is -0.480 e. The van der Waals surface area contributed by atoms with Gasteiger partial charge in [-0.2, -0.15) is 0 Å². The summed E-state index contributed by atoms with van der Waals surface area (Å²) in [5.41, 5.74) is 4.93. The quantitative estimate of drug-likeness (QED) is 0.588. The second kappa shape index (κ2) is 3.96. The Bertz CT molecular complexity index is 248. The number of nitrogens with one attached hydrogen (secondary N) is 1. The minimum absolute atomic E-state index is 0.335. The monoisotopic (exact) mass is 200 g/mol. The Balaban J connectivity index is 2.50. The third-order valence-corrected chi connectivity index (χ3v) is 2.71. The van der Waals surface area contributed by atoms with Gasteiger partial charge in [0, 0.05) is 0 Å². The molecule has 1 fully saturated rings. The topological polar surface area (TPSA) is 92.4 Å². The summed E-state index contributed by atoms with van der Waals surface area (Å²) < 4.78 is 0. The highest BCUT2D eigenvalue weighted by Crippen LogP contribution is 2.29. The van der Waals surface area contributed by atoms with Gasteiger partial charge in [-0.3, -0.25) is 4.79 Å². The average molecular weight is 200 g/mol. The summed E-state index contributed by atoms with van der Waals surface area (Å²) in [6.07, 6.45) is 2.61. The summed E-state index contributed by atoms with van der Waals surface area (Å²) >= 11 is 0. The molecule has 0 aromatic rings. The van der Waals surface area contributed by atoms with Crippen LogP contribution in [-0.4, -0.2) is 28.6 Å². The number of carbonyl (C=O) groups excluding carboxylic acids is 1. The summed E-state index contributed by atoms with van der Waals surface area (Å²) in [7, 11) is 0. The molecular weight excluding hydrogens is 184 g/mol. The Kier molecular flexibility index (Phi) is 3.10. The number of carbonyl (C=O) groups is 2. The first-order chi connectivity index (χ1) is 6.49. The summed E-state index contributed by atoms with van der Waals surface area (Å²) in [5, 5.41) is 11.2. The van der Waals surface area contributed by atoms with Gasteiger partial charge in [-0.1, -0.05) is 6.92 Å². The van der Waals surface area contributed by atoms with Gasteiger partial charge in [0.1, 0.15) is 6.04 Å². The molecule has 1 aliphatic rings. The number of rotatable bonds is 4. The molecule has 0 bridgehead atoms. The molecule has 1 saturated carbocycles. The first-order valence-corrected chi connectivity index (χ1v) is 4.82. The molecule has 0 aliphatic heterocycles. The summed E-state index contributed by atoms with van der Waals surface area (Å²) in [4.78, 5) is 22.2. The molecule has 1 aliphatic carbocycles. The van der Waals surface area contributed by atoms with E-state index in [-0.39, 0.29) is 5.91 Å². The van der Waals surface area contributed by atoms with Crippen LogP contribution in [0.5, 0.6) is 0 Å². The van der Waals surface area contributed by atoms with Crippen LogP contribution < -0.4 is 11.1 Å². The molecule has 0 spiro atoms. The lowest BCUT2D eigenvalue weighted by Crippen LogP contribution is -2.61. The van der Waals surface area contributed by atoms with Crippen molar-refractivity contribution in [1.82, 2.24) is 5.32 Å². The average Bonchev–Trinajstić information content (AvgIpc) is 2.09. The van der Waals surface area contributed by atoms with E-state index >= 15 is 0 Å². The highest BCUT2D eigenvalue weighted by atomic mass is 16.4. The van der Waals surface area contributed by atoms with E-state index in [1.54, 1.807) is 6.92 Å².